The van der Waals surface area contributed by atoms with Gasteiger partial charge in [0.25, 0.3) is 10.0 Å². The Bertz CT molecular complexity index is 1160. The molecule has 3 aromatic rings. The van der Waals surface area contributed by atoms with Crippen LogP contribution in [-0.2, 0) is 14.8 Å². The first kappa shape index (κ1) is 21.9. The van der Waals surface area contributed by atoms with Crippen LogP contribution in [0.3, 0.4) is 0 Å². The number of aryl methyl sites for hydroxylation is 2. The van der Waals surface area contributed by atoms with Crippen LogP contribution in [0.15, 0.2) is 71.6 Å². The van der Waals surface area contributed by atoms with Gasteiger partial charge in [0.05, 0.1) is 10.6 Å². The molecule has 30 heavy (non-hydrogen) atoms. The molecule has 7 heteroatoms. The monoisotopic (exact) mass is 442 g/mol. The maximum atomic E-state index is 13.3. The lowest BCUT2D eigenvalue weighted by atomic mass is 10.1. The second-order valence-electron chi connectivity index (χ2n) is 7.10. The Morgan fingerprint density at radius 2 is 1.57 bits per heavy atom. The summed E-state index contributed by atoms with van der Waals surface area (Å²) in [5.74, 6) is -0.429. The lowest BCUT2D eigenvalue weighted by Gasteiger charge is -2.24. The Kier molecular flexibility index (Phi) is 6.48. The van der Waals surface area contributed by atoms with Crippen molar-refractivity contribution in [2.75, 3.05) is 16.2 Å². The fourth-order valence-electron chi connectivity index (χ4n) is 2.97. The summed E-state index contributed by atoms with van der Waals surface area (Å²) >= 11 is 5.91. The summed E-state index contributed by atoms with van der Waals surface area (Å²) in [6, 6.07) is 18.5. The SMILES string of the molecule is Cc1ccc(N(CC(=O)Nc2cccc(C)c2C)S(=O)(=O)c2ccc(Cl)cc2)cc1. The molecular formula is C23H23ClN2O3S. The van der Waals surface area contributed by atoms with E-state index in [0.717, 1.165) is 21.0 Å². The number of anilines is 2. The van der Waals surface area contributed by atoms with E-state index in [1.54, 1.807) is 18.2 Å². The number of benzene rings is 3. The second-order valence-corrected chi connectivity index (χ2v) is 9.40. The summed E-state index contributed by atoms with van der Waals surface area (Å²) in [6.07, 6.45) is 0. The van der Waals surface area contributed by atoms with E-state index in [-0.39, 0.29) is 11.4 Å². The molecule has 0 spiro atoms. The van der Waals surface area contributed by atoms with Crippen LogP contribution in [0.4, 0.5) is 11.4 Å². The maximum absolute atomic E-state index is 13.3. The third-order valence-electron chi connectivity index (χ3n) is 4.89. The number of halogens is 1. The van der Waals surface area contributed by atoms with Gasteiger partial charge in [0, 0.05) is 10.7 Å². The average molecular weight is 443 g/mol. The predicted octanol–water partition coefficient (Wildman–Crippen LogP) is 5.10. The lowest BCUT2D eigenvalue weighted by molar-refractivity contribution is -0.114. The molecule has 156 valence electrons. The van der Waals surface area contributed by atoms with Crippen molar-refractivity contribution in [2.24, 2.45) is 0 Å². The standard InChI is InChI=1S/C23H23ClN2O3S/c1-16-7-11-20(12-8-16)26(30(28,29)21-13-9-19(24)10-14-21)15-23(27)25-22-6-4-5-17(2)18(22)3/h4-14H,15H2,1-3H3,(H,25,27). The van der Waals surface area contributed by atoms with Crippen LogP contribution in [-0.4, -0.2) is 20.9 Å². The van der Waals surface area contributed by atoms with E-state index in [9.17, 15) is 13.2 Å². The van der Waals surface area contributed by atoms with Crippen molar-refractivity contribution < 1.29 is 13.2 Å². The number of nitrogens with one attached hydrogen (secondary N) is 1. The van der Waals surface area contributed by atoms with Gasteiger partial charge < -0.3 is 5.32 Å². The molecule has 1 N–H and O–H groups in total. The summed E-state index contributed by atoms with van der Waals surface area (Å²) in [7, 11) is -3.98. The molecule has 0 fully saturated rings. The molecule has 0 radical (unpaired) electrons. The van der Waals surface area contributed by atoms with Crippen LogP contribution in [0.1, 0.15) is 16.7 Å². The Balaban J connectivity index is 1.95. The van der Waals surface area contributed by atoms with Crippen molar-refractivity contribution in [3.63, 3.8) is 0 Å². The smallest absolute Gasteiger partial charge is 0.264 e. The van der Waals surface area contributed by atoms with E-state index in [2.05, 4.69) is 5.32 Å². The fourth-order valence-corrected chi connectivity index (χ4v) is 4.51. The van der Waals surface area contributed by atoms with Gasteiger partial charge in [-0.05, 0) is 74.4 Å². The molecule has 5 nitrogen and oxygen atoms in total. The number of nitrogens with zero attached hydrogens (tertiary/aromatic N) is 1. The molecule has 0 atom stereocenters. The zero-order chi connectivity index (χ0) is 21.9. The molecule has 0 aromatic heterocycles. The fraction of sp³-hybridized carbons (Fsp3) is 0.174. The number of carbonyl (C=O) groups excluding carboxylic acids is 1. The number of carbonyl (C=O) groups is 1. The van der Waals surface area contributed by atoms with Crippen molar-refractivity contribution in [1.29, 1.82) is 0 Å². The second kappa shape index (κ2) is 8.90. The molecule has 0 aliphatic carbocycles. The molecule has 0 aliphatic heterocycles. The van der Waals surface area contributed by atoms with Crippen LogP contribution in [0.25, 0.3) is 0 Å². The molecule has 3 rings (SSSR count). The molecular weight excluding hydrogens is 420 g/mol. The van der Waals surface area contributed by atoms with E-state index >= 15 is 0 Å². The summed E-state index contributed by atoms with van der Waals surface area (Å²) in [4.78, 5) is 12.9. The van der Waals surface area contributed by atoms with Gasteiger partial charge in [0.15, 0.2) is 0 Å². The minimum absolute atomic E-state index is 0.0620. The van der Waals surface area contributed by atoms with Crippen LogP contribution in [0.5, 0.6) is 0 Å². The third-order valence-corrected chi connectivity index (χ3v) is 6.93. The maximum Gasteiger partial charge on any atom is 0.264 e. The van der Waals surface area contributed by atoms with Crippen LogP contribution >= 0.6 is 11.6 Å². The highest BCUT2D eigenvalue weighted by molar-refractivity contribution is 7.92. The molecule has 1 amide bonds. The molecule has 0 aliphatic rings. The molecule has 0 saturated heterocycles. The van der Waals surface area contributed by atoms with Gasteiger partial charge >= 0.3 is 0 Å². The topological polar surface area (TPSA) is 66.5 Å². The predicted molar refractivity (Wildman–Crippen MR) is 122 cm³/mol. The number of rotatable bonds is 6. The summed E-state index contributed by atoms with van der Waals surface area (Å²) in [6.45, 7) is 5.41. The first-order chi connectivity index (χ1) is 14.2. The van der Waals surface area contributed by atoms with E-state index in [1.165, 1.54) is 24.3 Å². The van der Waals surface area contributed by atoms with Crippen molar-refractivity contribution >= 4 is 38.9 Å². The first-order valence-corrected chi connectivity index (χ1v) is 11.2. The van der Waals surface area contributed by atoms with Gasteiger partial charge in [-0.2, -0.15) is 0 Å². The quantitative estimate of drug-likeness (QED) is 0.577. The molecule has 3 aromatic carbocycles. The van der Waals surface area contributed by atoms with E-state index in [1.807, 2.05) is 45.0 Å². The lowest BCUT2D eigenvalue weighted by Crippen LogP contribution is -2.38. The molecule has 0 unspecified atom stereocenters. The number of sulfonamides is 1. The van der Waals surface area contributed by atoms with Crippen molar-refractivity contribution in [3.05, 3.63) is 88.4 Å². The largest absolute Gasteiger partial charge is 0.324 e. The Labute approximate surface area is 182 Å². The van der Waals surface area contributed by atoms with Gasteiger partial charge in [0.2, 0.25) is 5.91 Å². The van der Waals surface area contributed by atoms with Crippen molar-refractivity contribution in [1.82, 2.24) is 0 Å². The van der Waals surface area contributed by atoms with E-state index in [4.69, 9.17) is 11.6 Å². The number of amides is 1. The van der Waals surface area contributed by atoms with E-state index < -0.39 is 15.9 Å². The van der Waals surface area contributed by atoms with Gasteiger partial charge in [-0.15, -0.1) is 0 Å². The Morgan fingerprint density at radius 3 is 2.20 bits per heavy atom. The average Bonchev–Trinajstić information content (AvgIpc) is 2.71. The Hall–Kier alpha value is -2.83. The number of hydrogen-bond acceptors (Lipinski definition) is 3. The summed E-state index contributed by atoms with van der Waals surface area (Å²) in [5.41, 5.74) is 4.03. The summed E-state index contributed by atoms with van der Waals surface area (Å²) in [5, 5.41) is 3.26. The van der Waals surface area contributed by atoms with Gasteiger partial charge in [-0.25, -0.2) is 8.42 Å². The zero-order valence-electron chi connectivity index (χ0n) is 17.0. The molecule has 0 bridgehead atoms. The van der Waals surface area contributed by atoms with Crippen LogP contribution in [0.2, 0.25) is 5.02 Å². The van der Waals surface area contributed by atoms with Gasteiger partial charge in [-0.1, -0.05) is 41.4 Å². The van der Waals surface area contributed by atoms with Gasteiger partial charge in [-0.3, -0.25) is 9.10 Å². The third kappa shape index (κ3) is 4.83. The summed E-state index contributed by atoms with van der Waals surface area (Å²) < 4.78 is 27.8. The number of hydrogen-bond donors (Lipinski definition) is 1. The van der Waals surface area contributed by atoms with Crippen molar-refractivity contribution in [2.45, 2.75) is 25.7 Å². The highest BCUT2D eigenvalue weighted by atomic mass is 35.5. The minimum Gasteiger partial charge on any atom is -0.324 e. The van der Waals surface area contributed by atoms with Crippen LogP contribution < -0.4 is 9.62 Å². The van der Waals surface area contributed by atoms with Crippen LogP contribution in [0, 0.1) is 20.8 Å². The van der Waals surface area contributed by atoms with Crippen molar-refractivity contribution in [3.8, 4) is 0 Å². The minimum atomic E-state index is -3.98. The molecule has 0 saturated carbocycles. The Morgan fingerprint density at radius 1 is 0.933 bits per heavy atom. The zero-order valence-corrected chi connectivity index (χ0v) is 18.6. The highest BCUT2D eigenvalue weighted by Crippen LogP contribution is 2.25. The van der Waals surface area contributed by atoms with Gasteiger partial charge in [0.1, 0.15) is 6.54 Å². The normalized spacial score (nSPS) is 11.2. The van der Waals surface area contributed by atoms with E-state index in [0.29, 0.717) is 16.4 Å². The highest BCUT2D eigenvalue weighted by Gasteiger charge is 2.27. The molecule has 0 heterocycles. The first-order valence-electron chi connectivity index (χ1n) is 9.39.